The van der Waals surface area contributed by atoms with Crippen molar-refractivity contribution in [1.82, 2.24) is 19.6 Å². The van der Waals surface area contributed by atoms with E-state index in [1.807, 2.05) is 31.2 Å². The van der Waals surface area contributed by atoms with Crippen molar-refractivity contribution >= 4 is 22.1 Å². The third kappa shape index (κ3) is 2.61. The van der Waals surface area contributed by atoms with Gasteiger partial charge in [-0.25, -0.2) is 23.3 Å². The van der Waals surface area contributed by atoms with E-state index in [2.05, 4.69) is 15.1 Å². The minimum absolute atomic E-state index is 0.0586. The molecule has 1 atom stereocenters. The number of fused-ring (bicyclic) bond motifs is 2. The average molecular weight is 406 g/mol. The van der Waals surface area contributed by atoms with Gasteiger partial charge in [0.1, 0.15) is 17.3 Å². The number of halogens is 2. The van der Waals surface area contributed by atoms with Crippen LogP contribution in [0.3, 0.4) is 0 Å². The molecule has 0 saturated carbocycles. The van der Waals surface area contributed by atoms with Crippen LogP contribution in [0.1, 0.15) is 28.6 Å². The van der Waals surface area contributed by atoms with E-state index in [-0.39, 0.29) is 16.8 Å². The number of imidazole rings is 1. The number of allylic oxidation sites excluding steroid dienone is 4. The molecule has 0 spiro atoms. The van der Waals surface area contributed by atoms with Gasteiger partial charge in [-0.2, -0.15) is 5.10 Å². The molecule has 3 aromatic heterocycles. The molecular formula is C22H16F2N4O2. The number of aryl methyl sites for hydroxylation is 1. The van der Waals surface area contributed by atoms with E-state index in [9.17, 15) is 13.9 Å². The van der Waals surface area contributed by atoms with Crippen molar-refractivity contribution in [3.8, 4) is 5.88 Å². The number of methoxy groups -OCH3 is 1. The lowest BCUT2D eigenvalue weighted by Gasteiger charge is -2.17. The second kappa shape index (κ2) is 6.70. The molecule has 0 aliphatic heterocycles. The van der Waals surface area contributed by atoms with Crippen LogP contribution in [0, 0.1) is 18.6 Å². The molecule has 6 nitrogen and oxygen atoms in total. The molecule has 0 radical (unpaired) electrons. The van der Waals surface area contributed by atoms with E-state index < -0.39 is 17.7 Å². The number of benzene rings is 1. The Morgan fingerprint density at radius 3 is 2.67 bits per heavy atom. The summed E-state index contributed by atoms with van der Waals surface area (Å²) >= 11 is 0. The Morgan fingerprint density at radius 1 is 1.17 bits per heavy atom. The highest BCUT2D eigenvalue weighted by Gasteiger charge is 2.28. The Hall–Kier alpha value is -3.65. The molecule has 1 aliphatic rings. The maximum Gasteiger partial charge on any atom is 0.214 e. The lowest BCUT2D eigenvalue weighted by molar-refractivity contribution is 0.213. The number of pyridine rings is 1. The molecule has 0 bridgehead atoms. The maximum absolute atomic E-state index is 14.5. The Labute approximate surface area is 169 Å². The third-order valence-electron chi connectivity index (χ3n) is 5.22. The first kappa shape index (κ1) is 18.4. The van der Waals surface area contributed by atoms with Gasteiger partial charge in [0, 0.05) is 28.8 Å². The second-order valence-electron chi connectivity index (χ2n) is 6.99. The highest BCUT2D eigenvalue weighted by molar-refractivity contribution is 5.86. The number of nitrogens with zero attached hydrogens (tertiary/aromatic N) is 4. The maximum atomic E-state index is 14.5. The van der Waals surface area contributed by atoms with Crippen molar-refractivity contribution < 1.29 is 18.6 Å². The fourth-order valence-electron chi connectivity index (χ4n) is 3.60. The predicted octanol–water partition coefficient (Wildman–Crippen LogP) is 3.91. The molecule has 0 saturated heterocycles. The average Bonchev–Trinajstić information content (AvgIpc) is 3.08. The van der Waals surface area contributed by atoms with Gasteiger partial charge in [0.15, 0.2) is 17.3 Å². The van der Waals surface area contributed by atoms with Crippen LogP contribution >= 0.6 is 0 Å². The number of ether oxygens (including phenoxy) is 1. The van der Waals surface area contributed by atoms with Crippen molar-refractivity contribution in [2.75, 3.05) is 7.11 Å². The third-order valence-corrected chi connectivity index (χ3v) is 5.22. The molecule has 30 heavy (non-hydrogen) atoms. The van der Waals surface area contributed by atoms with Gasteiger partial charge in [0.25, 0.3) is 0 Å². The van der Waals surface area contributed by atoms with Crippen molar-refractivity contribution in [2.24, 2.45) is 0 Å². The van der Waals surface area contributed by atoms with Crippen LogP contribution < -0.4 is 4.74 Å². The summed E-state index contributed by atoms with van der Waals surface area (Å²) in [4.78, 5) is 8.71. The summed E-state index contributed by atoms with van der Waals surface area (Å²) in [6.07, 6.45) is 6.01. The topological polar surface area (TPSA) is 72.5 Å². The van der Waals surface area contributed by atoms with E-state index in [0.717, 1.165) is 17.2 Å². The Kier molecular flexibility index (Phi) is 4.11. The van der Waals surface area contributed by atoms with Gasteiger partial charge in [-0.05, 0) is 30.7 Å². The van der Waals surface area contributed by atoms with Gasteiger partial charge in [0.05, 0.1) is 12.8 Å². The summed E-state index contributed by atoms with van der Waals surface area (Å²) in [7, 11) is 1.37. The molecular weight excluding hydrogens is 390 g/mol. The molecule has 1 unspecified atom stereocenters. The fourth-order valence-corrected chi connectivity index (χ4v) is 3.60. The van der Waals surface area contributed by atoms with Crippen molar-refractivity contribution in [3.63, 3.8) is 0 Å². The van der Waals surface area contributed by atoms with Crippen molar-refractivity contribution in [2.45, 2.75) is 13.0 Å². The molecule has 4 aromatic rings. The fraction of sp³-hybridized carbons (Fsp3) is 0.136. The summed E-state index contributed by atoms with van der Waals surface area (Å²) < 4.78 is 35.0. The minimum Gasteiger partial charge on any atom is -0.481 e. The zero-order valence-corrected chi connectivity index (χ0v) is 16.1. The molecule has 5 rings (SSSR count). The van der Waals surface area contributed by atoms with Crippen LogP contribution in [-0.2, 0) is 0 Å². The SMILES string of the molecule is COc1cc(C(O)c2c(C3=CC=C3)nc3c(C)ccnn23)c2ccc(F)c(F)c2n1. The summed E-state index contributed by atoms with van der Waals surface area (Å²) in [5.41, 5.74) is 3.42. The van der Waals surface area contributed by atoms with Crippen LogP contribution in [0.25, 0.3) is 22.1 Å². The lowest BCUT2D eigenvalue weighted by Crippen LogP contribution is -2.10. The van der Waals surface area contributed by atoms with E-state index in [0.29, 0.717) is 22.6 Å². The minimum atomic E-state index is -1.25. The monoisotopic (exact) mass is 406 g/mol. The molecule has 8 heteroatoms. The van der Waals surface area contributed by atoms with E-state index in [4.69, 9.17) is 4.74 Å². The van der Waals surface area contributed by atoms with Crippen LogP contribution in [0.5, 0.6) is 5.88 Å². The number of aromatic nitrogens is 4. The van der Waals surface area contributed by atoms with Crippen LogP contribution in [-0.4, -0.2) is 31.8 Å². The first-order chi connectivity index (χ1) is 14.5. The summed E-state index contributed by atoms with van der Waals surface area (Å²) in [6.45, 7) is 1.90. The highest BCUT2D eigenvalue weighted by Crippen LogP contribution is 2.37. The van der Waals surface area contributed by atoms with Gasteiger partial charge in [-0.1, -0.05) is 18.2 Å². The summed E-state index contributed by atoms with van der Waals surface area (Å²) in [6, 6.07) is 5.74. The van der Waals surface area contributed by atoms with E-state index in [1.165, 1.54) is 19.2 Å². The molecule has 0 fully saturated rings. The molecule has 1 aliphatic carbocycles. The number of aliphatic hydroxyl groups excluding tert-OH is 1. The number of hydrogen-bond acceptors (Lipinski definition) is 5. The summed E-state index contributed by atoms with van der Waals surface area (Å²) in [5.74, 6) is -2.07. The quantitative estimate of drug-likeness (QED) is 0.556. The first-order valence-electron chi connectivity index (χ1n) is 9.23. The van der Waals surface area contributed by atoms with Gasteiger partial charge in [0.2, 0.25) is 5.88 Å². The van der Waals surface area contributed by atoms with E-state index >= 15 is 0 Å². The van der Waals surface area contributed by atoms with Crippen LogP contribution in [0.15, 0.2) is 48.7 Å². The zero-order chi connectivity index (χ0) is 21.0. The standard InChI is InChI=1S/C22H16F2N4O2/c1-11-8-9-25-28-20(18(27-22(11)28)12-4-3-5-12)21(29)14-10-16(30-2)26-19-13(14)6-7-15(23)17(19)24/h3-10,21,29H,1-2H3. The Morgan fingerprint density at radius 2 is 1.97 bits per heavy atom. The van der Waals surface area contributed by atoms with Crippen LogP contribution in [0.2, 0.25) is 0 Å². The number of aliphatic hydroxyl groups is 1. The van der Waals surface area contributed by atoms with Gasteiger partial charge in [-0.3, -0.25) is 0 Å². The summed E-state index contributed by atoms with van der Waals surface area (Å²) in [5, 5.41) is 16.1. The van der Waals surface area contributed by atoms with Crippen molar-refractivity contribution in [1.29, 1.82) is 0 Å². The molecule has 3 heterocycles. The van der Waals surface area contributed by atoms with Crippen molar-refractivity contribution in [3.05, 3.63) is 82.8 Å². The first-order valence-corrected chi connectivity index (χ1v) is 9.23. The van der Waals surface area contributed by atoms with Gasteiger partial charge < -0.3 is 9.84 Å². The van der Waals surface area contributed by atoms with Crippen LogP contribution in [0.4, 0.5) is 8.78 Å². The molecule has 150 valence electrons. The zero-order valence-electron chi connectivity index (χ0n) is 16.1. The van der Waals surface area contributed by atoms with E-state index in [1.54, 1.807) is 10.7 Å². The molecule has 0 amide bonds. The largest absolute Gasteiger partial charge is 0.481 e. The normalized spacial score (nSPS) is 14.1. The smallest absolute Gasteiger partial charge is 0.214 e. The number of rotatable bonds is 4. The highest BCUT2D eigenvalue weighted by atomic mass is 19.2. The Bertz CT molecular complexity index is 1390. The molecule has 1 aromatic carbocycles. The lowest BCUT2D eigenvalue weighted by atomic mass is 9.96. The predicted molar refractivity (Wildman–Crippen MR) is 107 cm³/mol. The van der Waals surface area contributed by atoms with Gasteiger partial charge >= 0.3 is 0 Å². The second-order valence-corrected chi connectivity index (χ2v) is 6.99. The van der Waals surface area contributed by atoms with Gasteiger partial charge in [-0.15, -0.1) is 0 Å². The Balaban J connectivity index is 1.81. The molecule has 1 N–H and O–H groups in total. The number of hydrogen-bond donors (Lipinski definition) is 1.